The summed E-state index contributed by atoms with van der Waals surface area (Å²) in [6.45, 7) is 0. The molecular formula is C15H12FN3O5. The lowest BCUT2D eigenvalue weighted by Gasteiger charge is -2.10. The van der Waals surface area contributed by atoms with Crippen molar-refractivity contribution in [2.24, 2.45) is 5.73 Å². The Kier molecular flexibility index (Phi) is 4.73. The third-order valence-electron chi connectivity index (χ3n) is 3.13. The second-order valence-electron chi connectivity index (χ2n) is 4.65. The quantitative estimate of drug-likeness (QED) is 0.640. The molecule has 0 saturated heterocycles. The van der Waals surface area contributed by atoms with Gasteiger partial charge in [-0.2, -0.15) is 0 Å². The summed E-state index contributed by atoms with van der Waals surface area (Å²) in [4.78, 5) is 33.6. The molecule has 0 atom stereocenters. The summed E-state index contributed by atoms with van der Waals surface area (Å²) < 4.78 is 18.4. The summed E-state index contributed by atoms with van der Waals surface area (Å²) in [5, 5.41) is 13.2. The van der Waals surface area contributed by atoms with Crippen LogP contribution in [0.2, 0.25) is 0 Å². The maximum Gasteiger partial charge on any atom is 0.270 e. The normalized spacial score (nSPS) is 10.1. The van der Waals surface area contributed by atoms with Crippen molar-refractivity contribution in [3.8, 4) is 5.75 Å². The van der Waals surface area contributed by atoms with E-state index in [-0.39, 0.29) is 28.3 Å². The molecule has 2 amide bonds. The first-order valence-electron chi connectivity index (χ1n) is 6.56. The lowest BCUT2D eigenvalue weighted by atomic mass is 10.1. The van der Waals surface area contributed by atoms with Gasteiger partial charge in [-0.25, -0.2) is 4.39 Å². The number of amides is 2. The zero-order valence-corrected chi connectivity index (χ0v) is 12.4. The Balaban J connectivity index is 2.36. The Labute approximate surface area is 135 Å². The Morgan fingerprint density at radius 3 is 2.50 bits per heavy atom. The van der Waals surface area contributed by atoms with Gasteiger partial charge in [-0.15, -0.1) is 0 Å². The number of methoxy groups -OCH3 is 1. The molecule has 2 rings (SSSR count). The van der Waals surface area contributed by atoms with Crippen LogP contribution in [-0.4, -0.2) is 23.8 Å². The minimum absolute atomic E-state index is 0.0864. The Bertz CT molecular complexity index is 838. The number of anilines is 1. The summed E-state index contributed by atoms with van der Waals surface area (Å²) >= 11 is 0. The molecule has 0 fully saturated rings. The largest absolute Gasteiger partial charge is 0.496 e. The van der Waals surface area contributed by atoms with Gasteiger partial charge in [-0.05, 0) is 24.3 Å². The minimum atomic E-state index is -0.989. The number of ether oxygens (including phenoxy) is 1. The standard InChI is InChI=1S/C15H12FN3O5/c1-24-13-5-3-9(19(22)23)7-11(13)15(21)18-8-2-4-12(16)10(6-8)14(17)20/h2-7H,1H3,(H2,17,20)(H,18,21). The minimum Gasteiger partial charge on any atom is -0.496 e. The van der Waals surface area contributed by atoms with Crippen molar-refractivity contribution >= 4 is 23.2 Å². The van der Waals surface area contributed by atoms with E-state index >= 15 is 0 Å². The van der Waals surface area contributed by atoms with Gasteiger partial charge in [0.2, 0.25) is 0 Å². The molecular weight excluding hydrogens is 321 g/mol. The van der Waals surface area contributed by atoms with E-state index in [0.29, 0.717) is 0 Å². The van der Waals surface area contributed by atoms with Gasteiger partial charge in [0.15, 0.2) is 0 Å². The number of benzene rings is 2. The smallest absolute Gasteiger partial charge is 0.270 e. The summed E-state index contributed by atoms with van der Waals surface area (Å²) in [5.41, 5.74) is 4.37. The number of hydrogen-bond acceptors (Lipinski definition) is 5. The molecule has 0 aromatic heterocycles. The second kappa shape index (κ2) is 6.73. The Morgan fingerprint density at radius 2 is 1.92 bits per heavy atom. The fourth-order valence-corrected chi connectivity index (χ4v) is 1.98. The van der Waals surface area contributed by atoms with Gasteiger partial charge < -0.3 is 15.8 Å². The maximum atomic E-state index is 13.4. The number of non-ortho nitro benzene ring substituents is 1. The fourth-order valence-electron chi connectivity index (χ4n) is 1.98. The molecule has 0 saturated carbocycles. The van der Waals surface area contributed by atoms with Crippen LogP contribution < -0.4 is 15.8 Å². The summed E-state index contributed by atoms with van der Waals surface area (Å²) in [5.74, 6) is -2.42. The highest BCUT2D eigenvalue weighted by Gasteiger charge is 2.18. The molecule has 3 N–H and O–H groups in total. The Morgan fingerprint density at radius 1 is 1.21 bits per heavy atom. The predicted molar refractivity (Wildman–Crippen MR) is 82.5 cm³/mol. The van der Waals surface area contributed by atoms with Gasteiger partial charge in [0.25, 0.3) is 17.5 Å². The van der Waals surface area contributed by atoms with E-state index < -0.39 is 22.6 Å². The monoisotopic (exact) mass is 333 g/mol. The molecule has 0 spiro atoms. The SMILES string of the molecule is COc1ccc([N+](=O)[O-])cc1C(=O)Nc1ccc(F)c(C(N)=O)c1. The van der Waals surface area contributed by atoms with Gasteiger partial charge in [-0.3, -0.25) is 19.7 Å². The molecule has 0 aliphatic carbocycles. The van der Waals surface area contributed by atoms with E-state index in [2.05, 4.69) is 5.32 Å². The Hall–Kier alpha value is -3.49. The number of nitro groups is 1. The van der Waals surface area contributed by atoms with Crippen LogP contribution in [0.3, 0.4) is 0 Å². The number of rotatable bonds is 5. The topological polar surface area (TPSA) is 125 Å². The molecule has 9 heteroatoms. The lowest BCUT2D eigenvalue weighted by molar-refractivity contribution is -0.384. The number of nitrogens with one attached hydrogen (secondary N) is 1. The number of primary amides is 1. The van der Waals surface area contributed by atoms with Crippen LogP contribution in [0.4, 0.5) is 15.8 Å². The van der Waals surface area contributed by atoms with Crippen LogP contribution in [0.5, 0.6) is 5.75 Å². The zero-order valence-electron chi connectivity index (χ0n) is 12.4. The van der Waals surface area contributed by atoms with Gasteiger partial charge in [0.05, 0.1) is 23.2 Å². The van der Waals surface area contributed by atoms with E-state index in [1.807, 2.05) is 0 Å². The molecule has 0 bridgehead atoms. The van der Waals surface area contributed by atoms with Crippen LogP contribution in [0, 0.1) is 15.9 Å². The average Bonchev–Trinajstić information content (AvgIpc) is 2.55. The zero-order chi connectivity index (χ0) is 17.9. The second-order valence-corrected chi connectivity index (χ2v) is 4.65. The molecule has 8 nitrogen and oxygen atoms in total. The van der Waals surface area contributed by atoms with Crippen LogP contribution >= 0.6 is 0 Å². The average molecular weight is 333 g/mol. The molecule has 2 aromatic rings. The first-order valence-corrected chi connectivity index (χ1v) is 6.56. The van der Waals surface area contributed by atoms with Crippen LogP contribution in [0.25, 0.3) is 0 Å². The first-order chi connectivity index (χ1) is 11.3. The van der Waals surface area contributed by atoms with Crippen LogP contribution in [-0.2, 0) is 0 Å². The lowest BCUT2D eigenvalue weighted by Crippen LogP contribution is -2.16. The highest BCUT2D eigenvalue weighted by atomic mass is 19.1. The number of halogens is 1. The van der Waals surface area contributed by atoms with Crippen molar-refractivity contribution in [3.05, 3.63) is 63.5 Å². The van der Waals surface area contributed by atoms with Crippen molar-refractivity contribution < 1.29 is 23.6 Å². The van der Waals surface area contributed by atoms with Crippen molar-refractivity contribution in [3.63, 3.8) is 0 Å². The first kappa shape index (κ1) is 16.9. The molecule has 0 radical (unpaired) electrons. The summed E-state index contributed by atoms with van der Waals surface area (Å²) in [6, 6.07) is 6.79. The molecule has 0 heterocycles. The van der Waals surface area contributed by atoms with Crippen LogP contribution in [0.15, 0.2) is 36.4 Å². The van der Waals surface area contributed by atoms with Crippen molar-refractivity contribution in [2.45, 2.75) is 0 Å². The number of carbonyl (C=O) groups is 2. The molecule has 24 heavy (non-hydrogen) atoms. The van der Waals surface area contributed by atoms with E-state index in [4.69, 9.17) is 10.5 Å². The van der Waals surface area contributed by atoms with Gasteiger partial charge in [0, 0.05) is 17.8 Å². The third-order valence-corrected chi connectivity index (χ3v) is 3.13. The number of nitro benzene ring substituents is 1. The van der Waals surface area contributed by atoms with Gasteiger partial charge >= 0.3 is 0 Å². The molecule has 0 unspecified atom stereocenters. The molecule has 2 aromatic carbocycles. The number of nitrogens with two attached hydrogens (primary N) is 1. The number of hydrogen-bond donors (Lipinski definition) is 2. The summed E-state index contributed by atoms with van der Waals surface area (Å²) in [7, 11) is 1.31. The van der Waals surface area contributed by atoms with E-state index in [1.165, 1.54) is 25.3 Å². The van der Waals surface area contributed by atoms with Gasteiger partial charge in [0.1, 0.15) is 11.6 Å². The highest BCUT2D eigenvalue weighted by molar-refractivity contribution is 6.07. The molecule has 124 valence electrons. The van der Waals surface area contributed by atoms with Crippen molar-refractivity contribution in [1.82, 2.24) is 0 Å². The third kappa shape index (κ3) is 3.46. The van der Waals surface area contributed by atoms with Crippen molar-refractivity contribution in [1.29, 1.82) is 0 Å². The van der Waals surface area contributed by atoms with Crippen LogP contribution in [0.1, 0.15) is 20.7 Å². The van der Waals surface area contributed by atoms with Gasteiger partial charge in [-0.1, -0.05) is 0 Å². The van der Waals surface area contributed by atoms with Crippen molar-refractivity contribution in [2.75, 3.05) is 12.4 Å². The molecule has 0 aliphatic heterocycles. The fraction of sp³-hybridized carbons (Fsp3) is 0.0667. The molecule has 0 aliphatic rings. The highest BCUT2D eigenvalue weighted by Crippen LogP contribution is 2.25. The number of carbonyl (C=O) groups excluding carboxylic acids is 2. The summed E-state index contributed by atoms with van der Waals surface area (Å²) in [6.07, 6.45) is 0. The maximum absolute atomic E-state index is 13.4. The number of nitrogens with zero attached hydrogens (tertiary/aromatic N) is 1. The van der Waals surface area contributed by atoms with E-state index in [1.54, 1.807) is 0 Å². The van der Waals surface area contributed by atoms with E-state index in [9.17, 15) is 24.1 Å². The van der Waals surface area contributed by atoms with E-state index in [0.717, 1.165) is 18.2 Å². The predicted octanol–water partition coefficient (Wildman–Crippen LogP) is 2.09.